The number of alkyl halides is 1. The normalized spacial score (nSPS) is 12.1. The molecule has 0 saturated heterocycles. The van der Waals surface area contributed by atoms with Crippen LogP contribution in [0.2, 0.25) is 0 Å². The first kappa shape index (κ1) is 15.4. The van der Waals surface area contributed by atoms with Crippen LogP contribution in [0, 0.1) is 10.1 Å². The van der Waals surface area contributed by atoms with Gasteiger partial charge in [0, 0.05) is 12.3 Å². The standard InChI is InChI=1S/C13H15BrN4O3/c1-3-12(14)13-8-17(16-15-13)7-9-4-10(18(19)20)6-11(5-9)21-2/h4-6,8,12H,3,7H2,1-2H3. The summed E-state index contributed by atoms with van der Waals surface area (Å²) in [4.78, 5) is 10.6. The van der Waals surface area contributed by atoms with Crippen LogP contribution in [-0.2, 0) is 6.54 Å². The highest BCUT2D eigenvalue weighted by atomic mass is 79.9. The van der Waals surface area contributed by atoms with Crippen LogP contribution in [-0.4, -0.2) is 27.0 Å². The van der Waals surface area contributed by atoms with Crippen molar-refractivity contribution in [2.45, 2.75) is 24.7 Å². The average Bonchev–Trinajstić information content (AvgIpc) is 2.94. The molecule has 21 heavy (non-hydrogen) atoms. The number of benzene rings is 1. The quantitative estimate of drug-likeness (QED) is 0.452. The van der Waals surface area contributed by atoms with Gasteiger partial charge in [0.15, 0.2) is 0 Å². The van der Waals surface area contributed by atoms with Crippen LogP contribution in [0.5, 0.6) is 5.75 Å². The zero-order valence-corrected chi connectivity index (χ0v) is 13.3. The van der Waals surface area contributed by atoms with E-state index < -0.39 is 4.92 Å². The lowest BCUT2D eigenvalue weighted by atomic mass is 10.2. The molecule has 1 heterocycles. The van der Waals surface area contributed by atoms with Crippen LogP contribution in [0.25, 0.3) is 0 Å². The lowest BCUT2D eigenvalue weighted by molar-refractivity contribution is -0.385. The molecule has 0 aliphatic carbocycles. The summed E-state index contributed by atoms with van der Waals surface area (Å²) in [6.07, 6.45) is 2.73. The summed E-state index contributed by atoms with van der Waals surface area (Å²) < 4.78 is 6.74. The molecule has 1 unspecified atom stereocenters. The Labute approximate surface area is 130 Å². The van der Waals surface area contributed by atoms with E-state index in [0.29, 0.717) is 12.3 Å². The van der Waals surface area contributed by atoms with E-state index in [1.165, 1.54) is 19.2 Å². The molecule has 0 bridgehead atoms. The molecule has 0 aliphatic heterocycles. The van der Waals surface area contributed by atoms with Crippen molar-refractivity contribution >= 4 is 21.6 Å². The molecule has 0 N–H and O–H groups in total. The van der Waals surface area contributed by atoms with Gasteiger partial charge in [0.05, 0.1) is 35.2 Å². The third kappa shape index (κ3) is 3.78. The minimum Gasteiger partial charge on any atom is -0.496 e. The Morgan fingerprint density at radius 1 is 1.48 bits per heavy atom. The van der Waals surface area contributed by atoms with Crippen molar-refractivity contribution in [3.8, 4) is 5.75 Å². The van der Waals surface area contributed by atoms with Crippen molar-refractivity contribution in [2.24, 2.45) is 0 Å². The van der Waals surface area contributed by atoms with Crippen LogP contribution in [0.3, 0.4) is 0 Å². The van der Waals surface area contributed by atoms with E-state index in [1.54, 1.807) is 10.7 Å². The fourth-order valence-corrected chi connectivity index (χ4v) is 2.10. The first-order chi connectivity index (χ1) is 10.0. The summed E-state index contributed by atoms with van der Waals surface area (Å²) in [6, 6.07) is 4.65. The molecule has 1 aromatic heterocycles. The fourth-order valence-electron chi connectivity index (χ4n) is 1.89. The summed E-state index contributed by atoms with van der Waals surface area (Å²) >= 11 is 3.51. The zero-order valence-electron chi connectivity index (χ0n) is 11.7. The number of aromatic nitrogens is 3. The molecule has 0 amide bonds. The van der Waals surface area contributed by atoms with Crippen LogP contribution in [0.1, 0.15) is 29.4 Å². The highest BCUT2D eigenvalue weighted by molar-refractivity contribution is 9.09. The highest BCUT2D eigenvalue weighted by Gasteiger charge is 2.13. The summed E-state index contributed by atoms with van der Waals surface area (Å²) in [5.74, 6) is 0.450. The van der Waals surface area contributed by atoms with Crippen molar-refractivity contribution in [2.75, 3.05) is 7.11 Å². The summed E-state index contributed by atoms with van der Waals surface area (Å²) in [5, 5.41) is 19.0. The SMILES string of the molecule is CCC(Br)c1cn(Cc2cc(OC)cc([N+](=O)[O-])c2)nn1. The monoisotopic (exact) mass is 354 g/mol. The van der Waals surface area contributed by atoms with E-state index in [0.717, 1.165) is 17.7 Å². The highest BCUT2D eigenvalue weighted by Crippen LogP contribution is 2.25. The largest absolute Gasteiger partial charge is 0.496 e. The van der Waals surface area contributed by atoms with Gasteiger partial charge in [-0.1, -0.05) is 28.1 Å². The van der Waals surface area contributed by atoms with Gasteiger partial charge in [-0.2, -0.15) is 0 Å². The van der Waals surface area contributed by atoms with Crippen molar-refractivity contribution in [3.63, 3.8) is 0 Å². The topological polar surface area (TPSA) is 83.1 Å². The lowest BCUT2D eigenvalue weighted by Crippen LogP contribution is -2.02. The molecule has 7 nitrogen and oxygen atoms in total. The second kappa shape index (κ2) is 6.66. The minimum absolute atomic E-state index is 0.00313. The van der Waals surface area contributed by atoms with Crippen molar-refractivity contribution in [1.29, 1.82) is 0 Å². The molecule has 112 valence electrons. The van der Waals surface area contributed by atoms with E-state index in [9.17, 15) is 10.1 Å². The number of hydrogen-bond acceptors (Lipinski definition) is 5. The molecular weight excluding hydrogens is 340 g/mol. The molecular formula is C13H15BrN4O3. The van der Waals surface area contributed by atoms with Gasteiger partial charge in [0.1, 0.15) is 5.75 Å². The fraction of sp³-hybridized carbons (Fsp3) is 0.385. The number of rotatable bonds is 6. The average molecular weight is 355 g/mol. The molecule has 0 aliphatic rings. The molecule has 2 aromatic rings. The Hall–Kier alpha value is -1.96. The van der Waals surface area contributed by atoms with E-state index in [4.69, 9.17) is 4.74 Å². The molecule has 0 fully saturated rings. The van der Waals surface area contributed by atoms with E-state index in [-0.39, 0.29) is 10.5 Å². The number of methoxy groups -OCH3 is 1. The Morgan fingerprint density at radius 2 is 2.24 bits per heavy atom. The van der Waals surface area contributed by atoms with Crippen LogP contribution in [0.4, 0.5) is 5.69 Å². The number of non-ortho nitro benzene ring substituents is 1. The summed E-state index contributed by atoms with van der Waals surface area (Å²) in [5.41, 5.74) is 1.58. The Kier molecular flexibility index (Phi) is 4.89. The Morgan fingerprint density at radius 3 is 2.86 bits per heavy atom. The van der Waals surface area contributed by atoms with Gasteiger partial charge in [-0.15, -0.1) is 5.10 Å². The van der Waals surface area contributed by atoms with E-state index in [2.05, 4.69) is 26.2 Å². The summed E-state index contributed by atoms with van der Waals surface area (Å²) in [6.45, 7) is 2.44. The number of hydrogen-bond donors (Lipinski definition) is 0. The number of halogens is 1. The molecule has 8 heteroatoms. The number of nitrogens with zero attached hydrogens (tertiary/aromatic N) is 4. The number of nitro groups is 1. The van der Waals surface area contributed by atoms with E-state index in [1.807, 2.05) is 13.1 Å². The molecule has 2 rings (SSSR count). The molecule has 1 atom stereocenters. The Balaban J connectivity index is 2.24. The van der Waals surface area contributed by atoms with Gasteiger partial charge in [0.25, 0.3) is 5.69 Å². The molecule has 1 aromatic carbocycles. The summed E-state index contributed by atoms with van der Waals surface area (Å²) in [7, 11) is 1.48. The first-order valence-corrected chi connectivity index (χ1v) is 7.31. The second-order valence-corrected chi connectivity index (χ2v) is 5.62. The third-order valence-electron chi connectivity index (χ3n) is 2.98. The maximum absolute atomic E-state index is 10.9. The van der Waals surface area contributed by atoms with Gasteiger partial charge >= 0.3 is 0 Å². The maximum atomic E-state index is 10.9. The number of nitro benzene ring substituents is 1. The van der Waals surface area contributed by atoms with Gasteiger partial charge in [-0.05, 0) is 18.1 Å². The smallest absolute Gasteiger partial charge is 0.273 e. The Bertz CT molecular complexity index is 644. The predicted octanol–water partition coefficient (Wildman–Crippen LogP) is 3.09. The van der Waals surface area contributed by atoms with Crippen LogP contribution < -0.4 is 4.74 Å². The van der Waals surface area contributed by atoms with Crippen molar-refractivity contribution in [1.82, 2.24) is 15.0 Å². The van der Waals surface area contributed by atoms with Crippen molar-refractivity contribution in [3.05, 3.63) is 45.8 Å². The van der Waals surface area contributed by atoms with E-state index >= 15 is 0 Å². The molecule has 0 radical (unpaired) electrons. The molecule has 0 saturated carbocycles. The van der Waals surface area contributed by atoms with Gasteiger partial charge in [-0.25, -0.2) is 4.68 Å². The predicted molar refractivity (Wildman–Crippen MR) is 80.7 cm³/mol. The van der Waals surface area contributed by atoms with Gasteiger partial charge < -0.3 is 4.74 Å². The third-order valence-corrected chi connectivity index (χ3v) is 4.09. The lowest BCUT2D eigenvalue weighted by Gasteiger charge is -2.05. The molecule has 0 spiro atoms. The second-order valence-electron chi connectivity index (χ2n) is 4.51. The maximum Gasteiger partial charge on any atom is 0.273 e. The van der Waals surface area contributed by atoms with Crippen LogP contribution in [0.15, 0.2) is 24.4 Å². The zero-order chi connectivity index (χ0) is 15.4. The van der Waals surface area contributed by atoms with Gasteiger partial charge in [-0.3, -0.25) is 10.1 Å². The minimum atomic E-state index is -0.440. The number of ether oxygens (including phenoxy) is 1. The first-order valence-electron chi connectivity index (χ1n) is 6.40. The van der Waals surface area contributed by atoms with Gasteiger partial charge in [0.2, 0.25) is 0 Å². The van der Waals surface area contributed by atoms with Crippen molar-refractivity contribution < 1.29 is 9.66 Å². The van der Waals surface area contributed by atoms with Crippen LogP contribution >= 0.6 is 15.9 Å².